The molecule has 0 radical (unpaired) electrons. The maximum atomic E-state index is 15.1. The van der Waals surface area contributed by atoms with Crippen molar-refractivity contribution in [1.82, 2.24) is 15.1 Å². The smallest absolute Gasteiger partial charge is 0.255 e. The fourth-order valence-corrected chi connectivity index (χ4v) is 4.77. The molecule has 1 aliphatic heterocycles. The van der Waals surface area contributed by atoms with Gasteiger partial charge >= 0.3 is 0 Å². The Kier molecular flexibility index (Phi) is 4.12. The molecule has 0 bridgehead atoms. The highest BCUT2D eigenvalue weighted by molar-refractivity contribution is 6.05. The van der Waals surface area contributed by atoms with Gasteiger partial charge in [0.2, 0.25) is 0 Å². The third-order valence-corrected chi connectivity index (χ3v) is 6.19. The summed E-state index contributed by atoms with van der Waals surface area (Å²) in [4.78, 5) is 15.0. The lowest BCUT2D eigenvalue weighted by Gasteiger charge is -2.39. The number of fused-ring (bicyclic) bond motifs is 1. The molecule has 2 aliphatic rings. The number of halogens is 1. The maximum Gasteiger partial charge on any atom is 0.255 e. The summed E-state index contributed by atoms with van der Waals surface area (Å²) in [5, 5.41) is 17.5. The Morgan fingerprint density at radius 1 is 1.13 bits per heavy atom. The highest BCUT2D eigenvalue weighted by atomic mass is 19.1. The number of nitrogens with one attached hydrogen (secondary N) is 1. The van der Waals surface area contributed by atoms with E-state index >= 15 is 4.39 Å². The van der Waals surface area contributed by atoms with Crippen LogP contribution in [0.2, 0.25) is 0 Å². The molecule has 3 aromatic rings. The van der Waals surface area contributed by atoms with Gasteiger partial charge in [-0.15, -0.1) is 0 Å². The molecule has 154 valence electrons. The lowest BCUT2D eigenvalue weighted by atomic mass is 9.91. The van der Waals surface area contributed by atoms with E-state index in [0.29, 0.717) is 24.9 Å². The Morgan fingerprint density at radius 2 is 1.83 bits per heavy atom. The van der Waals surface area contributed by atoms with Gasteiger partial charge in [-0.25, -0.2) is 4.39 Å². The van der Waals surface area contributed by atoms with Crippen molar-refractivity contribution >= 4 is 5.91 Å². The normalized spacial score (nSPS) is 18.4. The van der Waals surface area contributed by atoms with Gasteiger partial charge in [-0.2, -0.15) is 5.10 Å². The number of hydrogen-bond donors (Lipinski definition) is 2. The van der Waals surface area contributed by atoms with Crippen molar-refractivity contribution in [3.8, 4) is 22.3 Å². The molecule has 1 saturated carbocycles. The second kappa shape index (κ2) is 6.51. The van der Waals surface area contributed by atoms with Crippen LogP contribution in [0.4, 0.5) is 4.39 Å². The minimum atomic E-state index is -1.51. The number of alkyl halides is 1. The van der Waals surface area contributed by atoms with E-state index < -0.39 is 17.3 Å². The molecule has 2 N–H and O–H groups in total. The number of aliphatic hydroxyl groups is 1. The third kappa shape index (κ3) is 3.03. The van der Waals surface area contributed by atoms with Gasteiger partial charge in [-0.05, 0) is 48.9 Å². The van der Waals surface area contributed by atoms with E-state index in [1.165, 1.54) is 4.90 Å². The van der Waals surface area contributed by atoms with E-state index in [1.54, 1.807) is 20.0 Å². The predicted octanol–water partition coefficient (Wildman–Crippen LogP) is 4.34. The van der Waals surface area contributed by atoms with Gasteiger partial charge in [0, 0.05) is 18.3 Å². The Balaban J connectivity index is 1.52. The number of aromatic amines is 1. The van der Waals surface area contributed by atoms with Crippen LogP contribution < -0.4 is 0 Å². The molecule has 0 spiro atoms. The van der Waals surface area contributed by atoms with Crippen LogP contribution in [0.3, 0.4) is 0 Å². The molecular weight excluding hydrogens is 381 g/mol. The summed E-state index contributed by atoms with van der Waals surface area (Å²) in [7, 11) is 0. The molecule has 1 amide bonds. The number of rotatable bonds is 5. The second-order valence-corrected chi connectivity index (χ2v) is 8.93. The number of aromatic nitrogens is 2. The monoisotopic (exact) mass is 405 g/mol. The topological polar surface area (TPSA) is 69.2 Å². The first-order valence-corrected chi connectivity index (χ1v) is 10.2. The fourth-order valence-electron chi connectivity index (χ4n) is 4.77. The highest BCUT2D eigenvalue weighted by Gasteiger charge is 2.59. The Morgan fingerprint density at radius 3 is 2.43 bits per heavy atom. The van der Waals surface area contributed by atoms with E-state index in [-0.39, 0.29) is 5.91 Å². The lowest BCUT2D eigenvalue weighted by Crippen LogP contribution is -2.56. The number of amides is 1. The molecule has 1 aliphatic carbocycles. The quantitative estimate of drug-likeness (QED) is 0.663. The first kappa shape index (κ1) is 19.0. The van der Waals surface area contributed by atoms with Gasteiger partial charge in [0.25, 0.3) is 5.91 Å². The minimum absolute atomic E-state index is 0.212. The molecule has 2 heterocycles. The number of benzene rings is 2. The Bertz CT molecular complexity index is 1090. The van der Waals surface area contributed by atoms with Crippen molar-refractivity contribution < 1.29 is 14.3 Å². The standard InChI is InChI=1S/C24H24FN3O2/c1-23(2,30)22(24(25)10-11-24)28-14-17-4-3-5-19(20(17)21(28)29)16-8-6-15(7-9-16)18-12-26-27-13-18/h3-9,12-13,22,30H,10-11,14H2,1-2H3,(H,26,27). The van der Waals surface area contributed by atoms with Crippen molar-refractivity contribution in [2.75, 3.05) is 0 Å². The van der Waals surface area contributed by atoms with Crippen molar-refractivity contribution in [1.29, 1.82) is 0 Å². The largest absolute Gasteiger partial charge is 0.388 e. The summed E-state index contributed by atoms with van der Waals surface area (Å²) in [6, 6.07) is 12.9. The van der Waals surface area contributed by atoms with Crippen LogP contribution >= 0.6 is 0 Å². The summed E-state index contributed by atoms with van der Waals surface area (Å²) >= 11 is 0. The number of H-pyrrole nitrogens is 1. The summed E-state index contributed by atoms with van der Waals surface area (Å²) in [6.45, 7) is 3.49. The zero-order valence-electron chi connectivity index (χ0n) is 17.0. The van der Waals surface area contributed by atoms with Gasteiger partial charge in [0.1, 0.15) is 5.67 Å². The predicted molar refractivity (Wildman–Crippen MR) is 112 cm³/mol. The molecule has 0 saturated heterocycles. The van der Waals surface area contributed by atoms with Crippen LogP contribution in [0, 0.1) is 0 Å². The first-order chi connectivity index (χ1) is 14.3. The number of carbonyl (C=O) groups is 1. The van der Waals surface area contributed by atoms with Crippen LogP contribution in [0.25, 0.3) is 22.3 Å². The first-order valence-electron chi connectivity index (χ1n) is 10.2. The molecule has 30 heavy (non-hydrogen) atoms. The summed E-state index contributed by atoms with van der Waals surface area (Å²) in [5.74, 6) is -0.212. The number of hydrogen-bond acceptors (Lipinski definition) is 3. The SMILES string of the molecule is CC(C)(O)C(N1Cc2cccc(-c3ccc(-c4cn[nH]c4)cc3)c2C1=O)C1(F)CC1. The number of nitrogens with zero attached hydrogens (tertiary/aromatic N) is 2. The van der Waals surface area contributed by atoms with Crippen molar-refractivity contribution in [3.63, 3.8) is 0 Å². The Hall–Kier alpha value is -2.99. The third-order valence-electron chi connectivity index (χ3n) is 6.19. The van der Waals surface area contributed by atoms with E-state index in [1.807, 2.05) is 48.7 Å². The molecule has 1 unspecified atom stereocenters. The van der Waals surface area contributed by atoms with Crippen LogP contribution in [-0.2, 0) is 6.54 Å². The second-order valence-electron chi connectivity index (χ2n) is 8.93. The molecule has 1 aromatic heterocycles. The lowest BCUT2D eigenvalue weighted by molar-refractivity contribution is -0.0522. The average Bonchev–Trinajstić information content (AvgIpc) is 3.11. The van der Waals surface area contributed by atoms with Gasteiger partial charge in [0.05, 0.1) is 23.4 Å². The van der Waals surface area contributed by atoms with Gasteiger partial charge in [-0.1, -0.05) is 42.5 Å². The zero-order chi connectivity index (χ0) is 21.1. The van der Waals surface area contributed by atoms with Gasteiger partial charge in [-0.3, -0.25) is 9.89 Å². The molecule has 1 atom stereocenters. The average molecular weight is 405 g/mol. The number of carbonyl (C=O) groups excluding carboxylic acids is 1. The van der Waals surface area contributed by atoms with Crippen LogP contribution in [0.15, 0.2) is 54.9 Å². The Labute approximate surface area is 174 Å². The molecular formula is C24H24FN3O2. The van der Waals surface area contributed by atoms with Crippen LogP contribution in [-0.4, -0.2) is 43.4 Å². The minimum Gasteiger partial charge on any atom is -0.388 e. The summed E-state index contributed by atoms with van der Waals surface area (Å²) < 4.78 is 15.1. The van der Waals surface area contributed by atoms with Crippen LogP contribution in [0.1, 0.15) is 42.6 Å². The van der Waals surface area contributed by atoms with E-state index in [2.05, 4.69) is 10.2 Å². The molecule has 5 rings (SSSR count). The van der Waals surface area contributed by atoms with Crippen molar-refractivity contribution in [2.45, 2.75) is 50.5 Å². The molecule has 5 nitrogen and oxygen atoms in total. The summed E-state index contributed by atoms with van der Waals surface area (Å²) in [6.07, 6.45) is 4.35. The molecule has 6 heteroatoms. The van der Waals surface area contributed by atoms with Crippen molar-refractivity contribution in [2.24, 2.45) is 0 Å². The van der Waals surface area contributed by atoms with E-state index in [4.69, 9.17) is 0 Å². The van der Waals surface area contributed by atoms with Gasteiger partial charge in [0.15, 0.2) is 0 Å². The molecule has 1 fully saturated rings. The van der Waals surface area contributed by atoms with Crippen LogP contribution in [0.5, 0.6) is 0 Å². The molecule has 2 aromatic carbocycles. The van der Waals surface area contributed by atoms with Crippen molar-refractivity contribution in [3.05, 3.63) is 66.0 Å². The van der Waals surface area contributed by atoms with Gasteiger partial charge < -0.3 is 10.0 Å². The maximum absolute atomic E-state index is 15.1. The van der Waals surface area contributed by atoms with E-state index in [9.17, 15) is 9.90 Å². The summed E-state index contributed by atoms with van der Waals surface area (Å²) in [5.41, 5.74) is 2.42. The fraction of sp³-hybridized carbons (Fsp3) is 0.333. The van der Waals surface area contributed by atoms with E-state index in [0.717, 1.165) is 27.8 Å². The zero-order valence-corrected chi connectivity index (χ0v) is 17.0. The highest BCUT2D eigenvalue weighted by Crippen LogP contribution is 2.50.